The third kappa shape index (κ3) is 9.74. The fourth-order valence-electron chi connectivity index (χ4n) is 5.60. The quantitative estimate of drug-likeness (QED) is 0.275. The molecule has 2 saturated carbocycles. The lowest BCUT2D eigenvalue weighted by molar-refractivity contribution is -0.138. The molecule has 0 unspecified atom stereocenters. The van der Waals surface area contributed by atoms with E-state index in [0.29, 0.717) is 31.4 Å². The number of methoxy groups -OCH3 is 1. The Hall–Kier alpha value is -2.16. The predicted molar refractivity (Wildman–Crippen MR) is 159 cm³/mol. The minimum absolute atomic E-state index is 0.00910. The average Bonchev–Trinajstić information content (AvgIpc) is 3.78. The highest BCUT2D eigenvalue weighted by Gasteiger charge is 2.38. The Bertz CT molecular complexity index is 927. The third-order valence-corrected chi connectivity index (χ3v) is 8.30. The zero-order valence-corrected chi connectivity index (χ0v) is 25.5. The van der Waals surface area contributed by atoms with E-state index in [1.54, 1.807) is 7.11 Å². The molecule has 0 heterocycles. The smallest absolute Gasteiger partial charge is 0.254 e. The van der Waals surface area contributed by atoms with Crippen molar-refractivity contribution < 1.29 is 24.2 Å². The Morgan fingerprint density at radius 2 is 1.82 bits per heavy atom. The van der Waals surface area contributed by atoms with Crippen LogP contribution in [0.4, 0.5) is 0 Å². The van der Waals surface area contributed by atoms with Crippen LogP contribution in [0.15, 0.2) is 18.2 Å². The highest BCUT2D eigenvalue weighted by molar-refractivity contribution is 5.95. The van der Waals surface area contributed by atoms with Crippen LogP contribution in [0.1, 0.15) is 88.1 Å². The van der Waals surface area contributed by atoms with Crippen molar-refractivity contribution in [3.63, 3.8) is 0 Å². The Kier molecular flexibility index (Phi) is 13.2. The molecule has 8 nitrogen and oxygen atoms in total. The van der Waals surface area contributed by atoms with Crippen molar-refractivity contribution in [1.82, 2.24) is 15.1 Å². The number of amides is 2. The van der Waals surface area contributed by atoms with Gasteiger partial charge in [-0.05, 0) is 102 Å². The lowest BCUT2D eigenvalue weighted by atomic mass is 9.86. The van der Waals surface area contributed by atoms with E-state index in [4.69, 9.17) is 9.47 Å². The molecule has 226 valence electrons. The second-order valence-electron chi connectivity index (χ2n) is 12.0. The van der Waals surface area contributed by atoms with Gasteiger partial charge in [0.1, 0.15) is 5.75 Å². The molecule has 0 radical (unpaired) electrons. The van der Waals surface area contributed by atoms with E-state index < -0.39 is 0 Å². The van der Waals surface area contributed by atoms with E-state index in [0.717, 1.165) is 82.3 Å². The van der Waals surface area contributed by atoms with Gasteiger partial charge in [-0.3, -0.25) is 9.59 Å². The van der Waals surface area contributed by atoms with E-state index in [-0.39, 0.29) is 35.8 Å². The minimum Gasteiger partial charge on any atom is -0.493 e. The molecule has 0 aromatic heterocycles. The van der Waals surface area contributed by atoms with Crippen LogP contribution in [0, 0.1) is 18.8 Å². The number of hydrogen-bond donors (Lipinski definition) is 2. The van der Waals surface area contributed by atoms with E-state index in [9.17, 15) is 14.7 Å². The number of aliphatic hydroxyl groups excluding tert-OH is 1. The number of rotatable bonds is 17. The number of aliphatic hydroxyl groups is 1. The van der Waals surface area contributed by atoms with Gasteiger partial charge < -0.3 is 29.7 Å². The van der Waals surface area contributed by atoms with Crippen LogP contribution in [0.25, 0.3) is 0 Å². The van der Waals surface area contributed by atoms with Gasteiger partial charge in [0, 0.05) is 56.8 Å². The van der Waals surface area contributed by atoms with Crippen LogP contribution in [0.2, 0.25) is 0 Å². The largest absolute Gasteiger partial charge is 0.493 e. The maximum atomic E-state index is 13.7. The van der Waals surface area contributed by atoms with Gasteiger partial charge in [-0.2, -0.15) is 0 Å². The zero-order chi connectivity index (χ0) is 29.1. The van der Waals surface area contributed by atoms with Crippen LogP contribution in [0.5, 0.6) is 5.75 Å². The molecular weight excluding hydrogens is 506 g/mol. The average molecular weight is 560 g/mol. The van der Waals surface area contributed by atoms with Gasteiger partial charge in [0.25, 0.3) is 5.91 Å². The van der Waals surface area contributed by atoms with Crippen LogP contribution >= 0.6 is 0 Å². The number of nitrogens with zero attached hydrogens (tertiary/aromatic N) is 2. The summed E-state index contributed by atoms with van der Waals surface area (Å²) in [4.78, 5) is 31.3. The zero-order valence-electron chi connectivity index (χ0n) is 25.5. The van der Waals surface area contributed by atoms with E-state index in [1.165, 1.54) is 0 Å². The summed E-state index contributed by atoms with van der Waals surface area (Å²) in [6.45, 7) is 12.4. The highest BCUT2D eigenvalue weighted by Crippen LogP contribution is 2.33. The predicted octanol–water partition coefficient (Wildman–Crippen LogP) is 4.42. The van der Waals surface area contributed by atoms with Crippen molar-refractivity contribution in [2.45, 2.75) is 97.2 Å². The number of aryl methyl sites for hydroxylation is 1. The second kappa shape index (κ2) is 16.3. The van der Waals surface area contributed by atoms with Crippen molar-refractivity contribution >= 4 is 11.8 Å². The molecule has 1 aromatic carbocycles. The van der Waals surface area contributed by atoms with Gasteiger partial charge in [-0.15, -0.1) is 0 Å². The number of ether oxygens (including phenoxy) is 2. The Balaban J connectivity index is 1.66. The molecule has 0 bridgehead atoms. The summed E-state index contributed by atoms with van der Waals surface area (Å²) >= 11 is 0. The van der Waals surface area contributed by atoms with Crippen LogP contribution < -0.4 is 10.1 Å². The van der Waals surface area contributed by atoms with Crippen LogP contribution in [-0.4, -0.2) is 91.4 Å². The summed E-state index contributed by atoms with van der Waals surface area (Å²) in [5, 5.41) is 13.4. The standard InChI is InChI=1S/C32H53N3O5/c1-6-33-21-25(22-35(28-12-13-28)31(37)26-10-14-29(36)15-11-26)16-17-34(23(2)3)32(38)27-9-8-24(4)30(20-27)40-19-7-18-39-5/h8-9,20,23,25-26,28-29,33,36H,6-7,10-19,21-22H2,1-5H3/t25-,26-,29+/m0/s1. The van der Waals surface area contributed by atoms with E-state index in [2.05, 4.69) is 31.0 Å². The van der Waals surface area contributed by atoms with Crippen molar-refractivity contribution in [3.05, 3.63) is 29.3 Å². The molecule has 40 heavy (non-hydrogen) atoms. The topological polar surface area (TPSA) is 91.3 Å². The van der Waals surface area contributed by atoms with Gasteiger partial charge in [-0.1, -0.05) is 13.0 Å². The number of carbonyl (C=O) groups is 2. The molecular formula is C32H53N3O5. The van der Waals surface area contributed by atoms with Gasteiger partial charge in [0.2, 0.25) is 5.91 Å². The molecule has 1 atom stereocenters. The van der Waals surface area contributed by atoms with Gasteiger partial charge in [0.15, 0.2) is 0 Å². The molecule has 0 saturated heterocycles. The normalized spacial score (nSPS) is 19.9. The SMILES string of the molecule is CCNC[C@H](CCN(C(=O)c1ccc(C)c(OCCCOC)c1)C(C)C)CN(C(=O)[C@H]1CC[C@@H](O)CC1)C1CC1. The number of benzene rings is 1. The van der Waals surface area contributed by atoms with Crippen LogP contribution in [-0.2, 0) is 9.53 Å². The molecule has 2 aliphatic carbocycles. The van der Waals surface area contributed by atoms with Gasteiger partial charge in [-0.25, -0.2) is 0 Å². The molecule has 2 fully saturated rings. The Morgan fingerprint density at radius 1 is 1.10 bits per heavy atom. The van der Waals surface area contributed by atoms with Crippen molar-refractivity contribution in [1.29, 1.82) is 0 Å². The van der Waals surface area contributed by atoms with Gasteiger partial charge >= 0.3 is 0 Å². The minimum atomic E-state index is -0.258. The maximum absolute atomic E-state index is 13.7. The molecule has 3 rings (SSSR count). The lowest BCUT2D eigenvalue weighted by Gasteiger charge is -2.34. The first-order chi connectivity index (χ1) is 19.2. The number of nitrogens with one attached hydrogen (secondary N) is 1. The summed E-state index contributed by atoms with van der Waals surface area (Å²) < 4.78 is 11.1. The molecule has 1 aromatic rings. The third-order valence-electron chi connectivity index (χ3n) is 8.30. The summed E-state index contributed by atoms with van der Waals surface area (Å²) in [7, 11) is 1.68. The molecule has 8 heteroatoms. The van der Waals surface area contributed by atoms with Crippen molar-refractivity contribution in [2.75, 3.05) is 46.5 Å². The first-order valence-corrected chi connectivity index (χ1v) is 15.5. The van der Waals surface area contributed by atoms with Crippen molar-refractivity contribution in [3.8, 4) is 5.75 Å². The monoisotopic (exact) mass is 559 g/mol. The summed E-state index contributed by atoms with van der Waals surface area (Å²) in [6, 6.07) is 6.11. The first-order valence-electron chi connectivity index (χ1n) is 15.5. The number of hydrogen-bond acceptors (Lipinski definition) is 6. The summed E-state index contributed by atoms with van der Waals surface area (Å²) in [5.41, 5.74) is 1.65. The molecule has 2 N–H and O–H groups in total. The molecule has 0 aliphatic heterocycles. The fourth-order valence-corrected chi connectivity index (χ4v) is 5.60. The summed E-state index contributed by atoms with van der Waals surface area (Å²) in [5.74, 6) is 1.31. The Morgan fingerprint density at radius 3 is 2.45 bits per heavy atom. The van der Waals surface area contributed by atoms with E-state index in [1.807, 2.05) is 30.0 Å². The number of carbonyl (C=O) groups excluding carboxylic acids is 2. The second-order valence-corrected chi connectivity index (χ2v) is 12.0. The van der Waals surface area contributed by atoms with Gasteiger partial charge in [0.05, 0.1) is 12.7 Å². The lowest BCUT2D eigenvalue weighted by Crippen LogP contribution is -2.45. The van der Waals surface area contributed by atoms with E-state index >= 15 is 0 Å². The highest BCUT2D eigenvalue weighted by atomic mass is 16.5. The molecule has 2 amide bonds. The fraction of sp³-hybridized carbons (Fsp3) is 0.750. The molecule has 2 aliphatic rings. The van der Waals surface area contributed by atoms with Crippen molar-refractivity contribution in [2.24, 2.45) is 11.8 Å². The van der Waals surface area contributed by atoms with Crippen LogP contribution in [0.3, 0.4) is 0 Å². The first kappa shape index (κ1) is 32.4. The maximum Gasteiger partial charge on any atom is 0.254 e. The molecule has 0 spiro atoms. The summed E-state index contributed by atoms with van der Waals surface area (Å²) in [6.07, 6.45) is 6.53. The Labute approximate surface area is 241 Å².